The lowest BCUT2D eigenvalue weighted by atomic mass is 10.1. The molecule has 0 saturated heterocycles. The summed E-state index contributed by atoms with van der Waals surface area (Å²) < 4.78 is 10.5. The molecule has 0 aliphatic heterocycles. The number of carbonyl (C=O) groups excluding carboxylic acids is 1. The van der Waals surface area contributed by atoms with Gasteiger partial charge in [0.15, 0.2) is 0 Å². The standard InChI is InChI=1S/C24H26N4O3/c1-16-8-17(2)10-20(9-16)27-24(26-15-18-6-5-7-25-14-18)28-23(29)19-11-21(30-3)13-22(12-19)31-4/h5-14H,15H2,1-4H3,(H2,26,27,28,29). The van der Waals surface area contributed by atoms with E-state index in [-0.39, 0.29) is 5.91 Å². The molecule has 7 heteroatoms. The molecule has 3 rings (SSSR count). The van der Waals surface area contributed by atoms with E-state index in [2.05, 4.69) is 26.7 Å². The second kappa shape index (κ2) is 10.2. The fourth-order valence-electron chi connectivity index (χ4n) is 3.07. The molecule has 2 aromatic carbocycles. The first-order valence-corrected chi connectivity index (χ1v) is 9.80. The summed E-state index contributed by atoms with van der Waals surface area (Å²) in [5, 5.41) is 6.09. The molecule has 0 radical (unpaired) electrons. The second-order valence-corrected chi connectivity index (χ2v) is 7.08. The lowest BCUT2D eigenvalue weighted by Crippen LogP contribution is -2.36. The van der Waals surface area contributed by atoms with Crippen molar-refractivity contribution in [2.75, 3.05) is 19.5 Å². The average molecular weight is 418 g/mol. The Morgan fingerprint density at radius 3 is 2.26 bits per heavy atom. The van der Waals surface area contributed by atoms with Gasteiger partial charge in [0.25, 0.3) is 5.91 Å². The first kappa shape index (κ1) is 21.8. The highest BCUT2D eigenvalue weighted by Crippen LogP contribution is 2.22. The Kier molecular flexibility index (Phi) is 7.22. The van der Waals surface area contributed by atoms with Crippen LogP contribution in [0.4, 0.5) is 5.69 Å². The maximum Gasteiger partial charge on any atom is 0.258 e. The van der Waals surface area contributed by atoms with Crippen LogP contribution in [0, 0.1) is 13.8 Å². The molecule has 0 saturated carbocycles. The molecule has 0 fully saturated rings. The van der Waals surface area contributed by atoms with Gasteiger partial charge in [-0.3, -0.25) is 15.1 Å². The van der Waals surface area contributed by atoms with Crippen LogP contribution in [0.25, 0.3) is 0 Å². The van der Waals surface area contributed by atoms with E-state index in [4.69, 9.17) is 9.47 Å². The Morgan fingerprint density at radius 1 is 1.00 bits per heavy atom. The van der Waals surface area contributed by atoms with Gasteiger partial charge in [0.1, 0.15) is 11.5 Å². The number of pyridine rings is 1. The van der Waals surface area contributed by atoms with E-state index in [0.29, 0.717) is 29.6 Å². The van der Waals surface area contributed by atoms with Crippen molar-refractivity contribution in [3.63, 3.8) is 0 Å². The topological polar surface area (TPSA) is 84.8 Å². The number of amides is 1. The number of rotatable bonds is 6. The summed E-state index contributed by atoms with van der Waals surface area (Å²) in [6.45, 7) is 4.40. The Bertz CT molecular complexity index is 1040. The van der Waals surface area contributed by atoms with Crippen LogP contribution in [0.2, 0.25) is 0 Å². The summed E-state index contributed by atoms with van der Waals surface area (Å²) in [6.07, 6.45) is 3.45. The van der Waals surface area contributed by atoms with Gasteiger partial charge in [-0.2, -0.15) is 0 Å². The lowest BCUT2D eigenvalue weighted by molar-refractivity contribution is 0.0976. The number of aliphatic imine (C=N–C) groups is 1. The summed E-state index contributed by atoms with van der Waals surface area (Å²) in [7, 11) is 3.08. The van der Waals surface area contributed by atoms with Crippen molar-refractivity contribution in [3.8, 4) is 11.5 Å². The van der Waals surface area contributed by atoms with E-state index >= 15 is 0 Å². The van der Waals surface area contributed by atoms with Gasteiger partial charge in [0.05, 0.1) is 20.8 Å². The number of ether oxygens (including phenoxy) is 2. The van der Waals surface area contributed by atoms with Crippen molar-refractivity contribution < 1.29 is 14.3 Å². The highest BCUT2D eigenvalue weighted by Gasteiger charge is 2.13. The second-order valence-electron chi connectivity index (χ2n) is 7.08. The molecule has 0 aliphatic rings. The van der Waals surface area contributed by atoms with Crippen molar-refractivity contribution in [1.29, 1.82) is 0 Å². The third-order valence-corrected chi connectivity index (χ3v) is 4.47. The third kappa shape index (κ3) is 6.30. The molecule has 3 aromatic rings. The number of hydrogen-bond donors (Lipinski definition) is 2. The summed E-state index contributed by atoms with van der Waals surface area (Å²) >= 11 is 0. The van der Waals surface area contributed by atoms with Crippen LogP contribution in [0.1, 0.15) is 27.0 Å². The molecule has 0 atom stereocenters. The Labute approximate surface area is 182 Å². The largest absolute Gasteiger partial charge is 0.497 e. The monoisotopic (exact) mass is 418 g/mol. The van der Waals surface area contributed by atoms with Crippen LogP contribution in [-0.4, -0.2) is 31.1 Å². The van der Waals surface area contributed by atoms with E-state index < -0.39 is 0 Å². The molecule has 0 spiro atoms. The minimum atomic E-state index is -0.334. The van der Waals surface area contributed by atoms with Gasteiger partial charge in [-0.15, -0.1) is 0 Å². The van der Waals surface area contributed by atoms with Crippen LogP contribution in [0.15, 0.2) is 65.9 Å². The summed E-state index contributed by atoms with van der Waals surface area (Å²) in [5.74, 6) is 1.06. The van der Waals surface area contributed by atoms with Crippen LogP contribution < -0.4 is 20.1 Å². The Hall–Kier alpha value is -3.87. The van der Waals surface area contributed by atoms with Gasteiger partial charge in [-0.05, 0) is 60.9 Å². The molecular weight excluding hydrogens is 392 g/mol. The number of nitrogens with one attached hydrogen (secondary N) is 2. The molecule has 2 N–H and O–H groups in total. The molecule has 160 valence electrons. The number of nitrogens with zero attached hydrogens (tertiary/aromatic N) is 2. The van der Waals surface area contributed by atoms with Crippen molar-refractivity contribution in [2.24, 2.45) is 4.99 Å². The maximum absolute atomic E-state index is 13.0. The molecule has 1 amide bonds. The van der Waals surface area contributed by atoms with E-state index in [1.165, 1.54) is 0 Å². The molecule has 1 aromatic heterocycles. The number of carbonyl (C=O) groups is 1. The van der Waals surface area contributed by atoms with Gasteiger partial charge in [-0.1, -0.05) is 12.1 Å². The number of benzene rings is 2. The number of methoxy groups -OCH3 is 2. The number of aromatic nitrogens is 1. The first-order valence-electron chi connectivity index (χ1n) is 9.80. The van der Waals surface area contributed by atoms with Crippen molar-refractivity contribution in [3.05, 3.63) is 83.2 Å². The average Bonchev–Trinajstić information content (AvgIpc) is 2.77. The fraction of sp³-hybridized carbons (Fsp3) is 0.208. The van der Waals surface area contributed by atoms with Gasteiger partial charge in [0, 0.05) is 29.7 Å². The number of guanidine groups is 1. The van der Waals surface area contributed by atoms with E-state index in [0.717, 1.165) is 22.4 Å². The predicted octanol–water partition coefficient (Wildman–Crippen LogP) is 4.11. The van der Waals surface area contributed by atoms with Crippen LogP contribution in [0.3, 0.4) is 0 Å². The molecule has 31 heavy (non-hydrogen) atoms. The first-order chi connectivity index (χ1) is 15.0. The molecular formula is C24H26N4O3. The Balaban J connectivity index is 1.87. The minimum absolute atomic E-state index is 0.334. The van der Waals surface area contributed by atoms with Gasteiger partial charge in [0.2, 0.25) is 5.96 Å². The highest BCUT2D eigenvalue weighted by molar-refractivity contribution is 6.10. The summed E-state index contributed by atoms with van der Waals surface area (Å²) in [5.41, 5.74) is 4.38. The van der Waals surface area contributed by atoms with Gasteiger partial charge < -0.3 is 14.8 Å². The summed E-state index contributed by atoms with van der Waals surface area (Å²) in [6, 6.07) is 14.9. The molecule has 0 bridgehead atoms. The number of hydrogen-bond acceptors (Lipinski definition) is 5. The van der Waals surface area contributed by atoms with Crippen molar-refractivity contribution >= 4 is 17.6 Å². The minimum Gasteiger partial charge on any atom is -0.497 e. The quantitative estimate of drug-likeness (QED) is 0.465. The SMILES string of the molecule is COc1cc(OC)cc(C(=O)NC(=NCc2cccnc2)Nc2cc(C)cc(C)c2)c1. The van der Waals surface area contributed by atoms with Crippen LogP contribution >= 0.6 is 0 Å². The van der Waals surface area contributed by atoms with Gasteiger partial charge >= 0.3 is 0 Å². The van der Waals surface area contributed by atoms with Crippen LogP contribution in [-0.2, 0) is 6.54 Å². The normalized spacial score (nSPS) is 11.0. The zero-order valence-corrected chi connectivity index (χ0v) is 18.1. The van der Waals surface area contributed by atoms with Crippen molar-refractivity contribution in [2.45, 2.75) is 20.4 Å². The lowest BCUT2D eigenvalue weighted by Gasteiger charge is -2.14. The zero-order chi connectivity index (χ0) is 22.2. The number of anilines is 1. The number of aryl methyl sites for hydroxylation is 2. The molecule has 7 nitrogen and oxygen atoms in total. The zero-order valence-electron chi connectivity index (χ0n) is 18.1. The summed E-state index contributed by atoms with van der Waals surface area (Å²) in [4.78, 5) is 21.7. The fourth-order valence-corrected chi connectivity index (χ4v) is 3.07. The maximum atomic E-state index is 13.0. The molecule has 0 unspecified atom stereocenters. The van der Waals surface area contributed by atoms with E-state index in [1.54, 1.807) is 44.8 Å². The van der Waals surface area contributed by atoms with E-state index in [9.17, 15) is 4.79 Å². The Morgan fingerprint density at radius 2 is 1.68 bits per heavy atom. The van der Waals surface area contributed by atoms with Crippen molar-refractivity contribution in [1.82, 2.24) is 10.3 Å². The highest BCUT2D eigenvalue weighted by atomic mass is 16.5. The predicted molar refractivity (Wildman–Crippen MR) is 122 cm³/mol. The smallest absolute Gasteiger partial charge is 0.258 e. The molecule has 0 aliphatic carbocycles. The van der Waals surface area contributed by atoms with E-state index in [1.807, 2.05) is 38.1 Å². The van der Waals surface area contributed by atoms with Crippen LogP contribution in [0.5, 0.6) is 11.5 Å². The van der Waals surface area contributed by atoms with Gasteiger partial charge in [-0.25, -0.2) is 4.99 Å². The third-order valence-electron chi connectivity index (χ3n) is 4.47. The molecule has 1 heterocycles.